The van der Waals surface area contributed by atoms with E-state index in [1.54, 1.807) is 0 Å². The van der Waals surface area contributed by atoms with Gasteiger partial charge in [0, 0.05) is 6.61 Å². The number of hydrogen-bond donors (Lipinski definition) is 0. The molecule has 0 aliphatic carbocycles. The minimum atomic E-state index is 0.722. The highest BCUT2D eigenvalue weighted by molar-refractivity contribution is 5.50. The van der Waals surface area contributed by atoms with Crippen molar-refractivity contribution in [3.8, 4) is 0 Å². The zero-order chi connectivity index (χ0) is 12.3. The van der Waals surface area contributed by atoms with Gasteiger partial charge in [0.1, 0.15) is 0 Å². The number of ether oxygens (including phenoxy) is 1. The standard InChI is InChI=1S/C16H24O/c1-3-4-5-6-12-17-13-8-11-16-10-7-9-15(2)14-16/h7-11,14H,3-6,12-13H2,1-2H3. The van der Waals surface area contributed by atoms with E-state index in [1.165, 1.54) is 36.8 Å². The fourth-order valence-corrected chi connectivity index (χ4v) is 1.74. The highest BCUT2D eigenvalue weighted by Gasteiger charge is 1.89. The summed E-state index contributed by atoms with van der Waals surface area (Å²) < 4.78 is 5.55. The van der Waals surface area contributed by atoms with Gasteiger partial charge in [-0.2, -0.15) is 0 Å². The molecule has 0 unspecified atom stereocenters. The Morgan fingerprint density at radius 3 is 2.82 bits per heavy atom. The quantitative estimate of drug-likeness (QED) is 0.595. The van der Waals surface area contributed by atoms with Gasteiger partial charge in [0.2, 0.25) is 0 Å². The zero-order valence-electron chi connectivity index (χ0n) is 11.1. The van der Waals surface area contributed by atoms with Crippen molar-refractivity contribution in [1.29, 1.82) is 0 Å². The molecule has 0 aliphatic rings. The second-order valence-electron chi connectivity index (χ2n) is 4.45. The Balaban J connectivity index is 2.10. The first-order valence-corrected chi connectivity index (χ1v) is 6.64. The molecule has 0 heterocycles. The van der Waals surface area contributed by atoms with Crippen molar-refractivity contribution in [1.82, 2.24) is 0 Å². The lowest BCUT2D eigenvalue weighted by Gasteiger charge is -2.00. The number of aryl methyl sites for hydroxylation is 1. The molecule has 0 bridgehead atoms. The third-order valence-electron chi connectivity index (χ3n) is 2.71. The average Bonchev–Trinajstić information content (AvgIpc) is 2.33. The van der Waals surface area contributed by atoms with Crippen molar-refractivity contribution in [3.63, 3.8) is 0 Å². The lowest BCUT2D eigenvalue weighted by molar-refractivity contribution is 0.157. The van der Waals surface area contributed by atoms with Crippen molar-refractivity contribution < 1.29 is 4.74 Å². The molecule has 1 rings (SSSR count). The molecule has 0 aliphatic heterocycles. The van der Waals surface area contributed by atoms with Gasteiger partial charge in [0.05, 0.1) is 6.61 Å². The molecule has 94 valence electrons. The maximum atomic E-state index is 5.55. The summed E-state index contributed by atoms with van der Waals surface area (Å²) in [7, 11) is 0. The molecule has 0 spiro atoms. The van der Waals surface area contributed by atoms with Gasteiger partial charge in [0.15, 0.2) is 0 Å². The Morgan fingerprint density at radius 2 is 2.06 bits per heavy atom. The summed E-state index contributed by atoms with van der Waals surface area (Å²) in [5.74, 6) is 0. The third kappa shape index (κ3) is 6.96. The van der Waals surface area contributed by atoms with Gasteiger partial charge in [-0.15, -0.1) is 0 Å². The second-order valence-corrected chi connectivity index (χ2v) is 4.45. The average molecular weight is 232 g/mol. The Hall–Kier alpha value is -1.08. The SMILES string of the molecule is CCCCCCOCC=Cc1cccc(C)c1. The normalized spacial score (nSPS) is 11.2. The van der Waals surface area contributed by atoms with E-state index in [9.17, 15) is 0 Å². The van der Waals surface area contributed by atoms with Crippen molar-refractivity contribution in [3.05, 3.63) is 41.5 Å². The molecule has 0 amide bonds. The topological polar surface area (TPSA) is 9.23 Å². The molecule has 1 heteroatoms. The largest absolute Gasteiger partial charge is 0.377 e. The van der Waals surface area contributed by atoms with E-state index in [4.69, 9.17) is 4.74 Å². The fourth-order valence-electron chi connectivity index (χ4n) is 1.74. The van der Waals surface area contributed by atoms with Gasteiger partial charge in [0.25, 0.3) is 0 Å². The van der Waals surface area contributed by atoms with Gasteiger partial charge in [-0.25, -0.2) is 0 Å². The summed E-state index contributed by atoms with van der Waals surface area (Å²) in [6.45, 7) is 5.95. The van der Waals surface area contributed by atoms with Crippen LogP contribution in [0, 0.1) is 6.92 Å². The second kappa shape index (κ2) is 9.00. The maximum absolute atomic E-state index is 5.55. The lowest BCUT2D eigenvalue weighted by Crippen LogP contribution is -1.94. The van der Waals surface area contributed by atoms with Crippen LogP contribution in [0.1, 0.15) is 43.7 Å². The highest BCUT2D eigenvalue weighted by atomic mass is 16.5. The lowest BCUT2D eigenvalue weighted by atomic mass is 10.1. The molecule has 17 heavy (non-hydrogen) atoms. The van der Waals surface area contributed by atoms with Crippen LogP contribution in [-0.4, -0.2) is 13.2 Å². The van der Waals surface area contributed by atoms with Gasteiger partial charge in [-0.05, 0) is 18.9 Å². The smallest absolute Gasteiger partial charge is 0.0650 e. The summed E-state index contributed by atoms with van der Waals surface area (Å²) in [6.07, 6.45) is 9.30. The molecule has 1 aromatic rings. The number of rotatable bonds is 8. The van der Waals surface area contributed by atoms with Crippen LogP contribution in [0.25, 0.3) is 6.08 Å². The summed E-state index contributed by atoms with van der Waals surface area (Å²) in [4.78, 5) is 0. The monoisotopic (exact) mass is 232 g/mol. The molecule has 0 radical (unpaired) electrons. The van der Waals surface area contributed by atoms with E-state index in [0.29, 0.717) is 0 Å². The van der Waals surface area contributed by atoms with Crippen LogP contribution >= 0.6 is 0 Å². The molecular formula is C16H24O. The van der Waals surface area contributed by atoms with Crippen molar-refractivity contribution in [2.24, 2.45) is 0 Å². The molecule has 0 N–H and O–H groups in total. The summed E-state index contributed by atoms with van der Waals surface area (Å²) >= 11 is 0. The highest BCUT2D eigenvalue weighted by Crippen LogP contribution is 2.05. The first-order valence-electron chi connectivity index (χ1n) is 6.64. The minimum Gasteiger partial charge on any atom is -0.377 e. The molecule has 0 saturated carbocycles. The van der Waals surface area contributed by atoms with Crippen LogP contribution in [0.4, 0.5) is 0 Å². The number of hydrogen-bond acceptors (Lipinski definition) is 1. The molecule has 1 aromatic carbocycles. The first kappa shape index (κ1) is 14.0. The Bertz CT molecular complexity index is 328. The van der Waals surface area contributed by atoms with Gasteiger partial charge in [-0.1, -0.05) is 68.2 Å². The third-order valence-corrected chi connectivity index (χ3v) is 2.71. The van der Waals surface area contributed by atoms with Gasteiger partial charge < -0.3 is 4.74 Å². The van der Waals surface area contributed by atoms with Crippen molar-refractivity contribution in [2.75, 3.05) is 13.2 Å². The van der Waals surface area contributed by atoms with Crippen LogP contribution in [0.15, 0.2) is 30.3 Å². The Kier molecular flexibility index (Phi) is 7.40. The molecule has 0 aromatic heterocycles. The molecule has 0 saturated heterocycles. The van der Waals surface area contributed by atoms with Gasteiger partial charge >= 0.3 is 0 Å². The van der Waals surface area contributed by atoms with E-state index in [0.717, 1.165) is 13.2 Å². The van der Waals surface area contributed by atoms with E-state index in [2.05, 4.69) is 50.3 Å². The number of unbranched alkanes of at least 4 members (excludes halogenated alkanes) is 3. The Morgan fingerprint density at radius 1 is 1.18 bits per heavy atom. The number of benzene rings is 1. The fraction of sp³-hybridized carbons (Fsp3) is 0.500. The summed E-state index contributed by atoms with van der Waals surface area (Å²) in [6, 6.07) is 8.49. The van der Waals surface area contributed by atoms with Crippen LogP contribution in [0.3, 0.4) is 0 Å². The van der Waals surface area contributed by atoms with Crippen LogP contribution in [0.5, 0.6) is 0 Å². The maximum Gasteiger partial charge on any atom is 0.0650 e. The Labute approximate surface area is 106 Å². The van der Waals surface area contributed by atoms with Gasteiger partial charge in [-0.3, -0.25) is 0 Å². The van der Waals surface area contributed by atoms with Crippen LogP contribution in [-0.2, 0) is 4.74 Å². The van der Waals surface area contributed by atoms with Crippen molar-refractivity contribution >= 4 is 6.08 Å². The molecule has 0 atom stereocenters. The summed E-state index contributed by atoms with van der Waals surface area (Å²) in [5.41, 5.74) is 2.55. The zero-order valence-corrected chi connectivity index (χ0v) is 11.1. The van der Waals surface area contributed by atoms with E-state index < -0.39 is 0 Å². The molecular weight excluding hydrogens is 208 g/mol. The summed E-state index contributed by atoms with van der Waals surface area (Å²) in [5, 5.41) is 0. The predicted molar refractivity (Wildman–Crippen MR) is 75.2 cm³/mol. The molecule has 1 nitrogen and oxygen atoms in total. The van der Waals surface area contributed by atoms with E-state index in [-0.39, 0.29) is 0 Å². The van der Waals surface area contributed by atoms with Crippen LogP contribution < -0.4 is 0 Å². The van der Waals surface area contributed by atoms with Crippen molar-refractivity contribution in [2.45, 2.75) is 39.5 Å². The molecule has 0 fully saturated rings. The first-order chi connectivity index (χ1) is 8.33. The van der Waals surface area contributed by atoms with Crippen LogP contribution in [0.2, 0.25) is 0 Å². The minimum absolute atomic E-state index is 0.722. The van der Waals surface area contributed by atoms with E-state index in [1.807, 2.05) is 0 Å². The van der Waals surface area contributed by atoms with E-state index >= 15 is 0 Å². The predicted octanol–water partition coefficient (Wildman–Crippen LogP) is 4.61.